The molecule has 0 heterocycles. The van der Waals surface area contributed by atoms with Crippen LogP contribution in [-0.4, -0.2) is 12.1 Å². The molecule has 18 heavy (non-hydrogen) atoms. The van der Waals surface area contributed by atoms with Gasteiger partial charge in [0.15, 0.2) is 0 Å². The quantitative estimate of drug-likeness (QED) is 0.536. The molecule has 3 heteroatoms. The Morgan fingerprint density at radius 1 is 1.28 bits per heavy atom. The van der Waals surface area contributed by atoms with Gasteiger partial charge in [0.2, 0.25) is 0 Å². The van der Waals surface area contributed by atoms with Crippen molar-refractivity contribution in [3.63, 3.8) is 0 Å². The summed E-state index contributed by atoms with van der Waals surface area (Å²) in [5.41, 5.74) is 7.83. The Bertz CT molecular complexity index is 345. The van der Waals surface area contributed by atoms with Crippen molar-refractivity contribution in [1.29, 1.82) is 0 Å². The van der Waals surface area contributed by atoms with Crippen LogP contribution in [0.3, 0.4) is 0 Å². The number of nitrogens with two attached hydrogens (primary N) is 1. The lowest BCUT2D eigenvalue weighted by Gasteiger charge is -2.05. The molecule has 0 aliphatic carbocycles. The number of aliphatic imine (C=N–C) groups is 2. The molecule has 0 saturated heterocycles. The summed E-state index contributed by atoms with van der Waals surface area (Å²) in [4.78, 5) is 8.69. The molecule has 2 N–H and O–H groups in total. The van der Waals surface area contributed by atoms with Crippen molar-refractivity contribution in [2.45, 2.75) is 53.9 Å². The molecule has 0 aromatic rings. The zero-order valence-corrected chi connectivity index (χ0v) is 12.4. The Labute approximate surface area is 112 Å². The Hall–Kier alpha value is -1.38. The van der Waals surface area contributed by atoms with Gasteiger partial charge in [-0.3, -0.25) is 4.99 Å². The number of allylic oxidation sites excluding steroid dienone is 2. The third-order valence-electron chi connectivity index (χ3n) is 2.59. The number of nitrogens with zero attached hydrogens (tertiary/aromatic N) is 2. The van der Waals surface area contributed by atoms with Gasteiger partial charge in [-0.1, -0.05) is 33.3 Å². The van der Waals surface area contributed by atoms with E-state index < -0.39 is 0 Å². The Kier molecular flexibility index (Phi) is 8.89. The van der Waals surface area contributed by atoms with Crippen molar-refractivity contribution >= 4 is 12.1 Å². The third-order valence-corrected chi connectivity index (χ3v) is 2.59. The predicted molar refractivity (Wildman–Crippen MR) is 82.0 cm³/mol. The average molecular weight is 249 g/mol. The highest BCUT2D eigenvalue weighted by Gasteiger charge is 2.02. The van der Waals surface area contributed by atoms with Crippen LogP contribution in [0, 0.1) is 5.92 Å². The molecule has 102 valence electrons. The zero-order valence-electron chi connectivity index (χ0n) is 12.4. The molecule has 0 bridgehead atoms. The van der Waals surface area contributed by atoms with E-state index in [4.69, 9.17) is 5.73 Å². The molecule has 0 aromatic carbocycles. The number of hydrogen-bond donors (Lipinski definition) is 1. The van der Waals surface area contributed by atoms with Crippen molar-refractivity contribution in [3.8, 4) is 0 Å². The number of amidine groups is 1. The van der Waals surface area contributed by atoms with Gasteiger partial charge in [-0.15, -0.1) is 0 Å². The fraction of sp³-hybridized carbons (Fsp3) is 0.600. The molecule has 0 aromatic heterocycles. The van der Waals surface area contributed by atoms with Gasteiger partial charge in [-0.25, -0.2) is 4.99 Å². The van der Waals surface area contributed by atoms with E-state index in [0.29, 0.717) is 11.8 Å². The predicted octanol–water partition coefficient (Wildman–Crippen LogP) is 4.07. The summed E-state index contributed by atoms with van der Waals surface area (Å²) in [6, 6.07) is 0. The molecule has 0 spiro atoms. The molecule has 0 aliphatic rings. The van der Waals surface area contributed by atoms with Crippen LogP contribution in [0.4, 0.5) is 0 Å². The van der Waals surface area contributed by atoms with E-state index in [1.807, 2.05) is 26.1 Å². The Morgan fingerprint density at radius 3 is 2.44 bits per heavy atom. The number of rotatable bonds is 7. The van der Waals surface area contributed by atoms with E-state index in [1.165, 1.54) is 0 Å². The summed E-state index contributed by atoms with van der Waals surface area (Å²) in [6.45, 7) is 10.4. The lowest BCUT2D eigenvalue weighted by atomic mass is 10.1. The van der Waals surface area contributed by atoms with Crippen molar-refractivity contribution < 1.29 is 0 Å². The molecule has 0 saturated carbocycles. The van der Waals surface area contributed by atoms with Crippen LogP contribution >= 0.6 is 0 Å². The van der Waals surface area contributed by atoms with Crippen molar-refractivity contribution in [3.05, 3.63) is 23.5 Å². The fourth-order valence-electron chi connectivity index (χ4n) is 1.19. The van der Waals surface area contributed by atoms with Gasteiger partial charge < -0.3 is 5.73 Å². The normalized spacial score (nSPS) is 14.4. The lowest BCUT2D eigenvalue weighted by molar-refractivity contribution is 0.754. The van der Waals surface area contributed by atoms with E-state index in [9.17, 15) is 0 Å². The molecule has 0 fully saturated rings. The summed E-state index contributed by atoms with van der Waals surface area (Å²) < 4.78 is 0. The monoisotopic (exact) mass is 249 g/mol. The van der Waals surface area contributed by atoms with Gasteiger partial charge in [-0.2, -0.15) is 0 Å². The fourth-order valence-corrected chi connectivity index (χ4v) is 1.19. The van der Waals surface area contributed by atoms with Crippen LogP contribution in [0.5, 0.6) is 0 Å². The summed E-state index contributed by atoms with van der Waals surface area (Å²) >= 11 is 0. The molecular formula is C15H27N3. The molecule has 1 atom stereocenters. The summed E-state index contributed by atoms with van der Waals surface area (Å²) in [5.74, 6) is 0.949. The minimum Gasteiger partial charge on any atom is -0.382 e. The zero-order chi connectivity index (χ0) is 14.0. The van der Waals surface area contributed by atoms with E-state index in [2.05, 4.69) is 30.8 Å². The lowest BCUT2D eigenvalue weighted by Crippen LogP contribution is -2.15. The molecule has 1 unspecified atom stereocenters. The van der Waals surface area contributed by atoms with Gasteiger partial charge in [0.1, 0.15) is 11.5 Å². The van der Waals surface area contributed by atoms with Gasteiger partial charge in [-0.05, 0) is 38.2 Å². The Morgan fingerprint density at radius 2 is 1.94 bits per heavy atom. The molecule has 0 aliphatic heterocycles. The van der Waals surface area contributed by atoms with Crippen LogP contribution < -0.4 is 5.73 Å². The second kappa shape index (κ2) is 9.63. The second-order valence-electron chi connectivity index (χ2n) is 4.70. The van der Waals surface area contributed by atoms with Crippen molar-refractivity contribution in [2.75, 3.05) is 0 Å². The summed E-state index contributed by atoms with van der Waals surface area (Å²) in [7, 11) is 0. The highest BCUT2D eigenvalue weighted by Crippen LogP contribution is 2.07. The molecular weight excluding hydrogens is 222 g/mol. The van der Waals surface area contributed by atoms with Crippen LogP contribution in [0.2, 0.25) is 0 Å². The van der Waals surface area contributed by atoms with Crippen LogP contribution in [0.15, 0.2) is 33.5 Å². The van der Waals surface area contributed by atoms with E-state index in [0.717, 1.165) is 30.5 Å². The van der Waals surface area contributed by atoms with E-state index in [1.54, 1.807) is 6.20 Å². The molecule has 0 amide bonds. The van der Waals surface area contributed by atoms with Crippen molar-refractivity contribution in [2.24, 2.45) is 21.6 Å². The first-order valence-electron chi connectivity index (χ1n) is 6.73. The maximum Gasteiger partial charge on any atom is 0.149 e. The summed E-state index contributed by atoms with van der Waals surface area (Å²) in [6.07, 6.45) is 8.95. The first-order valence-corrected chi connectivity index (χ1v) is 6.73. The van der Waals surface area contributed by atoms with Gasteiger partial charge >= 0.3 is 0 Å². The van der Waals surface area contributed by atoms with E-state index in [-0.39, 0.29) is 0 Å². The molecule has 0 rings (SSSR count). The first kappa shape index (κ1) is 16.6. The van der Waals surface area contributed by atoms with Crippen molar-refractivity contribution in [1.82, 2.24) is 0 Å². The molecule has 0 radical (unpaired) electrons. The van der Waals surface area contributed by atoms with Gasteiger partial charge in [0.05, 0.1) is 0 Å². The van der Waals surface area contributed by atoms with Gasteiger partial charge in [0, 0.05) is 12.4 Å². The highest BCUT2D eigenvalue weighted by atomic mass is 14.9. The smallest absolute Gasteiger partial charge is 0.149 e. The van der Waals surface area contributed by atoms with Gasteiger partial charge in [0.25, 0.3) is 0 Å². The topological polar surface area (TPSA) is 50.7 Å². The standard InChI is InChI=1S/C15H27N3/c1-6-8-9-10-17-15(16)14(12(3)4)18-11-13(5)7-2/h9-11,13H,6-8H2,1-5H3,(H2,16,17)/b10-9+,18-11-. The minimum absolute atomic E-state index is 0.461. The maximum absolute atomic E-state index is 5.96. The minimum atomic E-state index is 0.461. The largest absolute Gasteiger partial charge is 0.382 e. The number of hydrogen-bond acceptors (Lipinski definition) is 2. The summed E-state index contributed by atoms with van der Waals surface area (Å²) in [5, 5.41) is 0. The van der Waals surface area contributed by atoms with E-state index >= 15 is 0 Å². The van der Waals surface area contributed by atoms with Crippen LogP contribution in [-0.2, 0) is 0 Å². The van der Waals surface area contributed by atoms with Crippen LogP contribution in [0.1, 0.15) is 53.9 Å². The average Bonchev–Trinajstić information content (AvgIpc) is 2.34. The highest BCUT2D eigenvalue weighted by molar-refractivity contribution is 5.98. The SMILES string of the molecule is CCC/C=C/N=C(/N)C(/N=C\C(C)CC)=C(C)C. The molecule has 3 nitrogen and oxygen atoms in total. The van der Waals surface area contributed by atoms with Crippen LogP contribution in [0.25, 0.3) is 0 Å². The third kappa shape index (κ3) is 7.05. The number of unbranched alkanes of at least 4 members (excludes halogenated alkanes) is 1. The maximum atomic E-state index is 5.96. The second-order valence-corrected chi connectivity index (χ2v) is 4.70. The Balaban J connectivity index is 4.83. The first-order chi connectivity index (χ1) is 8.52.